The molecule has 0 atom stereocenters. The minimum Gasteiger partial charge on any atom is -0.385 e. The van der Waals surface area contributed by atoms with Crippen molar-refractivity contribution >= 4 is 40.0 Å². The molecule has 8 nitrogen and oxygen atoms in total. The van der Waals surface area contributed by atoms with Crippen LogP contribution in [0.15, 0.2) is 4.99 Å². The average Bonchev–Trinajstić information content (AvgIpc) is 2.64. The van der Waals surface area contributed by atoms with Gasteiger partial charge in [-0.25, -0.2) is 13.1 Å². The Morgan fingerprint density at radius 3 is 2.48 bits per heavy atom. The number of likely N-dealkylation sites (tertiary alicyclic amines) is 1. The monoisotopic (exact) mass is 520 g/mol. The number of hydrogen-bond acceptors (Lipinski definition) is 5. The third kappa shape index (κ3) is 12.1. The fraction of sp³-hybridized carbons (Fsp3) is 0.941. The van der Waals surface area contributed by atoms with Crippen molar-refractivity contribution in [1.29, 1.82) is 0 Å². The first-order chi connectivity index (χ1) is 12.5. The van der Waals surface area contributed by atoms with E-state index >= 15 is 0 Å². The molecule has 1 aliphatic heterocycles. The van der Waals surface area contributed by atoms with Gasteiger partial charge in [0.2, 0.25) is 10.0 Å². The Morgan fingerprint density at radius 1 is 1.19 bits per heavy atom. The maximum atomic E-state index is 11.4. The molecule has 0 amide bonds. The van der Waals surface area contributed by atoms with Crippen LogP contribution in [0.2, 0.25) is 0 Å². The molecule has 1 fully saturated rings. The van der Waals surface area contributed by atoms with Crippen molar-refractivity contribution in [2.45, 2.75) is 45.6 Å². The smallest absolute Gasteiger partial charge is 0.211 e. The van der Waals surface area contributed by atoms with Gasteiger partial charge in [0.05, 0.1) is 11.9 Å². The largest absolute Gasteiger partial charge is 0.385 e. The lowest BCUT2D eigenvalue weighted by molar-refractivity contribution is 0.00991. The third-order valence-electron chi connectivity index (χ3n) is 4.22. The van der Waals surface area contributed by atoms with E-state index in [1.165, 1.54) is 0 Å². The average molecular weight is 520 g/mol. The number of rotatable bonds is 12. The highest BCUT2D eigenvalue weighted by molar-refractivity contribution is 14.0. The summed E-state index contributed by atoms with van der Waals surface area (Å²) in [5.74, 6) is 1.02. The lowest BCUT2D eigenvalue weighted by Crippen LogP contribution is -2.47. The summed E-state index contributed by atoms with van der Waals surface area (Å²) >= 11 is 0. The minimum absolute atomic E-state index is 0. The molecule has 1 saturated heterocycles. The number of piperidine rings is 1. The summed E-state index contributed by atoms with van der Waals surface area (Å²) in [6.07, 6.45) is 3.92. The normalized spacial score (nSPS) is 16.3. The second-order valence-electron chi connectivity index (χ2n) is 6.29. The van der Waals surface area contributed by atoms with E-state index in [1.807, 2.05) is 0 Å². The predicted octanol–water partition coefficient (Wildman–Crippen LogP) is 1.42. The van der Waals surface area contributed by atoms with E-state index in [9.17, 15) is 8.42 Å². The van der Waals surface area contributed by atoms with E-state index < -0.39 is 10.0 Å². The van der Waals surface area contributed by atoms with Crippen LogP contribution in [0.25, 0.3) is 0 Å². The third-order valence-corrected chi connectivity index (χ3v) is 5.63. The Labute approximate surface area is 181 Å². The fourth-order valence-electron chi connectivity index (χ4n) is 2.71. The molecule has 0 aromatic heterocycles. The van der Waals surface area contributed by atoms with E-state index in [2.05, 4.69) is 26.9 Å². The van der Waals surface area contributed by atoms with Gasteiger partial charge in [-0.3, -0.25) is 4.99 Å². The number of aliphatic imine (C=N–C) groups is 1. The molecule has 0 unspecified atom stereocenters. The van der Waals surface area contributed by atoms with E-state index in [0.717, 1.165) is 58.1 Å². The van der Waals surface area contributed by atoms with Gasteiger partial charge in [-0.05, 0) is 39.5 Å². The number of nitrogens with zero attached hydrogens (tertiary/aromatic N) is 2. The van der Waals surface area contributed by atoms with Crippen LogP contribution in [0, 0.1) is 0 Å². The number of methoxy groups -OCH3 is 1. The van der Waals surface area contributed by atoms with Crippen LogP contribution >= 0.6 is 24.0 Å². The summed E-state index contributed by atoms with van der Waals surface area (Å²) in [6, 6.07) is 0. The standard InChI is InChI=1S/C17H36N4O4S.HI/c1-4-18-17(19-10-6-11-20-26(22,23)5-2)21-12-8-16(9-13-21)25-15-7-14-24-3;/h16,20H,4-15H2,1-3H3,(H,18,19);1H. The van der Waals surface area contributed by atoms with Gasteiger partial charge in [0.1, 0.15) is 0 Å². The van der Waals surface area contributed by atoms with Crippen molar-refractivity contribution in [2.75, 3.05) is 58.8 Å². The quantitative estimate of drug-likeness (QED) is 0.175. The predicted molar refractivity (Wildman–Crippen MR) is 121 cm³/mol. The van der Waals surface area contributed by atoms with Crippen molar-refractivity contribution in [3.05, 3.63) is 0 Å². The maximum absolute atomic E-state index is 11.4. The van der Waals surface area contributed by atoms with Crippen LogP contribution in [-0.4, -0.2) is 84.2 Å². The Morgan fingerprint density at radius 2 is 1.89 bits per heavy atom. The fourth-order valence-corrected chi connectivity index (χ4v) is 3.37. The summed E-state index contributed by atoms with van der Waals surface area (Å²) in [7, 11) is -1.41. The van der Waals surface area contributed by atoms with Crippen LogP contribution in [0.4, 0.5) is 0 Å². The van der Waals surface area contributed by atoms with Crippen LogP contribution < -0.4 is 10.0 Å². The highest BCUT2D eigenvalue weighted by atomic mass is 127. The SMILES string of the molecule is CCNC(=NCCCNS(=O)(=O)CC)N1CCC(OCCCOC)CC1.I. The highest BCUT2D eigenvalue weighted by Crippen LogP contribution is 2.14. The Hall–Kier alpha value is -0.170. The van der Waals surface area contributed by atoms with Crippen molar-refractivity contribution in [1.82, 2.24) is 14.9 Å². The van der Waals surface area contributed by atoms with Crippen LogP contribution in [0.1, 0.15) is 39.5 Å². The van der Waals surface area contributed by atoms with Gasteiger partial charge in [0.15, 0.2) is 5.96 Å². The molecule has 1 aliphatic rings. The summed E-state index contributed by atoms with van der Waals surface area (Å²) in [5.41, 5.74) is 0. The van der Waals surface area contributed by atoms with E-state index in [1.54, 1.807) is 14.0 Å². The van der Waals surface area contributed by atoms with Gasteiger partial charge in [0, 0.05) is 53.0 Å². The molecule has 0 aromatic rings. The first-order valence-electron chi connectivity index (χ1n) is 9.63. The summed E-state index contributed by atoms with van der Waals surface area (Å²) in [6.45, 7) is 8.86. The van der Waals surface area contributed by atoms with Crippen LogP contribution in [-0.2, 0) is 19.5 Å². The van der Waals surface area contributed by atoms with Crippen molar-refractivity contribution in [3.63, 3.8) is 0 Å². The number of sulfonamides is 1. The summed E-state index contributed by atoms with van der Waals surface area (Å²) < 4.78 is 36.3. The molecule has 1 rings (SSSR count). The Bertz CT molecular complexity index is 497. The number of halogens is 1. The Kier molecular flexibility index (Phi) is 15.6. The second-order valence-corrected chi connectivity index (χ2v) is 8.39. The van der Waals surface area contributed by atoms with E-state index in [4.69, 9.17) is 9.47 Å². The molecular weight excluding hydrogens is 483 g/mol. The number of ether oxygens (including phenoxy) is 2. The minimum atomic E-state index is -3.11. The van der Waals surface area contributed by atoms with Crippen LogP contribution in [0.5, 0.6) is 0 Å². The maximum Gasteiger partial charge on any atom is 0.211 e. The van der Waals surface area contributed by atoms with Gasteiger partial charge < -0.3 is 19.7 Å². The van der Waals surface area contributed by atoms with Crippen molar-refractivity contribution in [2.24, 2.45) is 4.99 Å². The number of nitrogens with one attached hydrogen (secondary N) is 2. The zero-order valence-corrected chi connectivity index (χ0v) is 20.1. The molecule has 0 bridgehead atoms. The highest BCUT2D eigenvalue weighted by Gasteiger charge is 2.21. The van der Waals surface area contributed by atoms with Crippen molar-refractivity contribution in [3.8, 4) is 0 Å². The molecule has 2 N–H and O–H groups in total. The van der Waals surface area contributed by atoms with Gasteiger partial charge in [-0.15, -0.1) is 24.0 Å². The topological polar surface area (TPSA) is 92.3 Å². The first-order valence-corrected chi connectivity index (χ1v) is 11.3. The zero-order chi connectivity index (χ0) is 19.3. The van der Waals surface area contributed by atoms with Gasteiger partial charge in [0.25, 0.3) is 0 Å². The van der Waals surface area contributed by atoms with Gasteiger partial charge in [-0.1, -0.05) is 0 Å². The molecule has 0 saturated carbocycles. The zero-order valence-electron chi connectivity index (χ0n) is 16.9. The molecule has 1 heterocycles. The molecule has 0 radical (unpaired) electrons. The van der Waals surface area contributed by atoms with Gasteiger partial charge in [-0.2, -0.15) is 0 Å². The van der Waals surface area contributed by atoms with E-state index in [-0.39, 0.29) is 29.7 Å². The van der Waals surface area contributed by atoms with Crippen LogP contribution in [0.3, 0.4) is 0 Å². The molecule has 10 heteroatoms. The first kappa shape index (κ1) is 26.8. The number of guanidine groups is 1. The molecule has 162 valence electrons. The van der Waals surface area contributed by atoms with E-state index in [0.29, 0.717) is 25.6 Å². The lowest BCUT2D eigenvalue weighted by Gasteiger charge is -2.34. The molecular formula is C17H37IN4O4S. The number of hydrogen-bond donors (Lipinski definition) is 2. The molecule has 0 spiro atoms. The Balaban J connectivity index is 0.00000676. The summed E-state index contributed by atoms with van der Waals surface area (Å²) in [4.78, 5) is 6.89. The molecule has 0 aromatic carbocycles. The van der Waals surface area contributed by atoms with Crippen molar-refractivity contribution < 1.29 is 17.9 Å². The lowest BCUT2D eigenvalue weighted by atomic mass is 10.1. The second kappa shape index (κ2) is 15.7. The molecule has 0 aliphatic carbocycles. The molecule has 27 heavy (non-hydrogen) atoms. The summed E-state index contributed by atoms with van der Waals surface area (Å²) in [5, 5.41) is 3.33. The van der Waals surface area contributed by atoms with Gasteiger partial charge >= 0.3 is 0 Å².